The summed E-state index contributed by atoms with van der Waals surface area (Å²) < 4.78 is 0. The second kappa shape index (κ2) is 5.42. The predicted octanol–water partition coefficient (Wildman–Crippen LogP) is 3.33. The number of amides is 2. The van der Waals surface area contributed by atoms with Gasteiger partial charge >= 0.3 is 6.03 Å². The van der Waals surface area contributed by atoms with Gasteiger partial charge in [0.05, 0.1) is 6.04 Å². The van der Waals surface area contributed by atoms with Gasteiger partial charge in [0.25, 0.3) is 0 Å². The highest BCUT2D eigenvalue weighted by Crippen LogP contribution is 2.20. The molecular weight excluding hydrogens is 224 g/mol. The van der Waals surface area contributed by atoms with E-state index in [1.54, 1.807) is 0 Å². The number of carbonyl (C=O) groups is 1. The fourth-order valence-corrected chi connectivity index (χ4v) is 1.90. The van der Waals surface area contributed by atoms with Gasteiger partial charge < -0.3 is 10.6 Å². The van der Waals surface area contributed by atoms with Gasteiger partial charge in [0.1, 0.15) is 0 Å². The third-order valence-corrected chi connectivity index (χ3v) is 3.36. The zero-order valence-electron chi connectivity index (χ0n) is 11.4. The van der Waals surface area contributed by atoms with Crippen molar-refractivity contribution >= 4 is 6.03 Å². The first-order valence-electron chi connectivity index (χ1n) is 6.73. The average Bonchev–Trinajstić information content (AvgIpc) is 3.12. The largest absolute Gasteiger partial charge is 0.335 e. The molecule has 1 aromatic carbocycles. The van der Waals surface area contributed by atoms with Crippen LogP contribution in [0.2, 0.25) is 0 Å². The van der Waals surface area contributed by atoms with Crippen molar-refractivity contribution < 1.29 is 4.79 Å². The van der Waals surface area contributed by atoms with Crippen molar-refractivity contribution in [1.82, 2.24) is 10.6 Å². The molecule has 0 heterocycles. The van der Waals surface area contributed by atoms with Crippen molar-refractivity contribution in [2.45, 2.75) is 51.6 Å². The van der Waals surface area contributed by atoms with Crippen LogP contribution >= 0.6 is 0 Å². The molecule has 0 spiro atoms. The summed E-state index contributed by atoms with van der Waals surface area (Å²) in [6, 6.07) is 8.85. The van der Waals surface area contributed by atoms with Gasteiger partial charge in [-0.2, -0.15) is 0 Å². The molecule has 1 saturated carbocycles. The van der Waals surface area contributed by atoms with Crippen LogP contribution in [0.25, 0.3) is 0 Å². The Morgan fingerprint density at radius 3 is 2.17 bits per heavy atom. The Labute approximate surface area is 109 Å². The molecule has 1 aliphatic carbocycles. The first kappa shape index (κ1) is 12.9. The molecule has 1 atom stereocenters. The Morgan fingerprint density at radius 1 is 1.11 bits per heavy atom. The zero-order chi connectivity index (χ0) is 13.1. The molecule has 1 aromatic rings. The number of hydrogen-bond donors (Lipinski definition) is 2. The van der Waals surface area contributed by atoms with Gasteiger partial charge in [-0.25, -0.2) is 4.79 Å². The molecule has 2 amide bonds. The van der Waals surface area contributed by atoms with Crippen LogP contribution in [0, 0.1) is 0 Å². The maximum atomic E-state index is 11.6. The first-order valence-corrected chi connectivity index (χ1v) is 6.73. The van der Waals surface area contributed by atoms with Gasteiger partial charge in [-0.15, -0.1) is 0 Å². The summed E-state index contributed by atoms with van der Waals surface area (Å²) in [6.07, 6.45) is 2.23. The molecule has 3 nitrogen and oxygen atoms in total. The maximum absolute atomic E-state index is 11.6. The summed E-state index contributed by atoms with van der Waals surface area (Å²) in [4.78, 5) is 11.6. The quantitative estimate of drug-likeness (QED) is 0.840. The van der Waals surface area contributed by atoms with Crippen LogP contribution in [0.1, 0.15) is 56.7 Å². The summed E-state index contributed by atoms with van der Waals surface area (Å²) in [5.74, 6) is 0.542. The van der Waals surface area contributed by atoms with Crippen molar-refractivity contribution in [1.29, 1.82) is 0 Å². The zero-order valence-corrected chi connectivity index (χ0v) is 11.4. The Hall–Kier alpha value is -1.51. The molecule has 2 rings (SSSR count). The van der Waals surface area contributed by atoms with E-state index >= 15 is 0 Å². The standard InChI is InChI=1S/C15H22N2O/c1-10(2)12-4-6-13(7-5-12)11(3)16-15(18)17-14-8-9-14/h4-7,10-11,14H,8-9H2,1-3H3,(H2,16,17,18)/t11-/m0/s1. The number of carbonyl (C=O) groups excluding carboxylic acids is 1. The monoisotopic (exact) mass is 246 g/mol. The molecule has 0 saturated heterocycles. The fourth-order valence-electron chi connectivity index (χ4n) is 1.90. The number of nitrogens with one attached hydrogen (secondary N) is 2. The van der Waals surface area contributed by atoms with Crippen molar-refractivity contribution in [2.24, 2.45) is 0 Å². The Balaban J connectivity index is 1.90. The van der Waals surface area contributed by atoms with Gasteiger partial charge in [0.15, 0.2) is 0 Å². The first-order chi connectivity index (χ1) is 8.56. The molecular formula is C15H22N2O. The topological polar surface area (TPSA) is 41.1 Å². The third-order valence-electron chi connectivity index (χ3n) is 3.36. The summed E-state index contributed by atoms with van der Waals surface area (Å²) in [7, 11) is 0. The van der Waals surface area contributed by atoms with Crippen LogP contribution in [-0.2, 0) is 0 Å². The van der Waals surface area contributed by atoms with E-state index in [9.17, 15) is 4.79 Å². The normalized spacial score (nSPS) is 16.4. The summed E-state index contributed by atoms with van der Waals surface area (Å²) in [6.45, 7) is 6.37. The van der Waals surface area contributed by atoms with E-state index in [1.807, 2.05) is 6.92 Å². The summed E-state index contributed by atoms with van der Waals surface area (Å²) >= 11 is 0. The molecule has 2 N–H and O–H groups in total. The SMILES string of the molecule is CC(C)c1ccc([C@H](C)NC(=O)NC2CC2)cc1. The minimum absolute atomic E-state index is 0.0463. The summed E-state index contributed by atoms with van der Waals surface area (Å²) in [5, 5.41) is 5.90. The van der Waals surface area contributed by atoms with Crippen LogP contribution in [0.5, 0.6) is 0 Å². The van der Waals surface area contributed by atoms with E-state index in [0.717, 1.165) is 18.4 Å². The van der Waals surface area contributed by atoms with Gasteiger partial charge in [-0.3, -0.25) is 0 Å². The lowest BCUT2D eigenvalue weighted by atomic mass is 10.00. The van der Waals surface area contributed by atoms with Crippen molar-refractivity contribution in [3.05, 3.63) is 35.4 Å². The highest BCUT2D eigenvalue weighted by molar-refractivity contribution is 5.75. The predicted molar refractivity (Wildman–Crippen MR) is 73.6 cm³/mol. The van der Waals surface area contributed by atoms with Crippen LogP contribution < -0.4 is 10.6 Å². The van der Waals surface area contributed by atoms with Crippen molar-refractivity contribution in [2.75, 3.05) is 0 Å². The summed E-state index contributed by atoms with van der Waals surface area (Å²) in [5.41, 5.74) is 2.47. The lowest BCUT2D eigenvalue weighted by Gasteiger charge is -2.16. The van der Waals surface area contributed by atoms with E-state index in [4.69, 9.17) is 0 Å². The van der Waals surface area contributed by atoms with E-state index in [1.165, 1.54) is 5.56 Å². The van der Waals surface area contributed by atoms with Gasteiger partial charge in [0.2, 0.25) is 0 Å². The Kier molecular flexibility index (Phi) is 3.90. The molecule has 0 radical (unpaired) electrons. The molecule has 1 fully saturated rings. The fraction of sp³-hybridized carbons (Fsp3) is 0.533. The van der Waals surface area contributed by atoms with Crippen LogP contribution in [0.4, 0.5) is 4.79 Å². The average molecular weight is 246 g/mol. The van der Waals surface area contributed by atoms with Crippen LogP contribution in [0.3, 0.4) is 0 Å². The molecule has 0 aliphatic heterocycles. The molecule has 18 heavy (non-hydrogen) atoms. The number of benzene rings is 1. The Morgan fingerprint density at radius 2 is 1.67 bits per heavy atom. The van der Waals surface area contributed by atoms with E-state index in [0.29, 0.717) is 12.0 Å². The highest BCUT2D eigenvalue weighted by atomic mass is 16.2. The molecule has 3 heteroatoms. The van der Waals surface area contributed by atoms with Crippen LogP contribution in [0.15, 0.2) is 24.3 Å². The molecule has 0 unspecified atom stereocenters. The molecule has 0 aromatic heterocycles. The van der Waals surface area contributed by atoms with E-state index < -0.39 is 0 Å². The second-order valence-corrected chi connectivity index (χ2v) is 5.44. The second-order valence-electron chi connectivity index (χ2n) is 5.44. The van der Waals surface area contributed by atoms with E-state index in [2.05, 4.69) is 48.7 Å². The lowest BCUT2D eigenvalue weighted by molar-refractivity contribution is 0.237. The molecule has 0 bridgehead atoms. The minimum atomic E-state index is -0.0575. The number of rotatable bonds is 4. The molecule has 1 aliphatic rings. The third kappa shape index (κ3) is 3.49. The molecule has 98 valence electrons. The number of hydrogen-bond acceptors (Lipinski definition) is 1. The van der Waals surface area contributed by atoms with Gasteiger partial charge in [-0.1, -0.05) is 38.1 Å². The van der Waals surface area contributed by atoms with Crippen molar-refractivity contribution in [3.63, 3.8) is 0 Å². The maximum Gasteiger partial charge on any atom is 0.315 e. The van der Waals surface area contributed by atoms with Crippen LogP contribution in [-0.4, -0.2) is 12.1 Å². The number of urea groups is 1. The smallest absolute Gasteiger partial charge is 0.315 e. The van der Waals surface area contributed by atoms with E-state index in [-0.39, 0.29) is 12.1 Å². The minimum Gasteiger partial charge on any atom is -0.335 e. The highest BCUT2D eigenvalue weighted by Gasteiger charge is 2.23. The Bertz CT molecular complexity index is 407. The van der Waals surface area contributed by atoms with Crippen molar-refractivity contribution in [3.8, 4) is 0 Å². The lowest BCUT2D eigenvalue weighted by Crippen LogP contribution is -2.38. The van der Waals surface area contributed by atoms with Gasteiger partial charge in [-0.05, 0) is 36.8 Å². The van der Waals surface area contributed by atoms with Gasteiger partial charge in [0, 0.05) is 6.04 Å².